The Morgan fingerprint density at radius 2 is 2.00 bits per heavy atom. The number of hydrogen-bond donors (Lipinski definition) is 1. The number of Topliss-reactive ketones (excluding diaryl/α,β-unsaturated/α-hetero) is 1. The van der Waals surface area contributed by atoms with Crippen LogP contribution in [-0.2, 0) is 4.79 Å². The first-order chi connectivity index (χ1) is 6.27. The largest absolute Gasteiger partial charge is 0.321 e. The van der Waals surface area contributed by atoms with Crippen LogP contribution < -0.4 is 5.73 Å². The standard InChI is InChI=1S/C11H13NO/c12-9-5-4-8-2-1-3-11(13)10(8)7-6-9/h4-7,9H,1-3,12H2. The molecule has 0 aromatic heterocycles. The fourth-order valence-electron chi connectivity index (χ4n) is 1.76. The molecule has 0 spiro atoms. The number of hydrogen-bond acceptors (Lipinski definition) is 2. The maximum atomic E-state index is 11.5. The molecule has 1 unspecified atom stereocenters. The van der Waals surface area contributed by atoms with Crippen molar-refractivity contribution in [3.05, 3.63) is 35.5 Å². The highest BCUT2D eigenvalue weighted by Crippen LogP contribution is 2.25. The van der Waals surface area contributed by atoms with Crippen molar-refractivity contribution >= 4 is 5.78 Å². The SMILES string of the molecule is NC1C=CC2=C(C=C1)C(=O)CCC2. The number of carbonyl (C=O) groups is 1. The van der Waals surface area contributed by atoms with Crippen molar-refractivity contribution in [2.24, 2.45) is 5.73 Å². The molecule has 0 bridgehead atoms. The molecule has 0 aromatic carbocycles. The van der Waals surface area contributed by atoms with Crippen molar-refractivity contribution in [2.45, 2.75) is 25.3 Å². The summed E-state index contributed by atoms with van der Waals surface area (Å²) in [5.41, 5.74) is 7.75. The molecule has 0 amide bonds. The van der Waals surface area contributed by atoms with Crippen LogP contribution in [-0.4, -0.2) is 11.8 Å². The van der Waals surface area contributed by atoms with Gasteiger partial charge in [-0.3, -0.25) is 4.79 Å². The molecular formula is C11H13NO. The lowest BCUT2D eigenvalue weighted by molar-refractivity contribution is -0.115. The molecule has 0 aromatic rings. The maximum Gasteiger partial charge on any atom is 0.163 e. The lowest BCUT2D eigenvalue weighted by atomic mass is 9.91. The van der Waals surface area contributed by atoms with E-state index in [1.807, 2.05) is 24.3 Å². The van der Waals surface area contributed by atoms with E-state index in [4.69, 9.17) is 5.73 Å². The zero-order valence-electron chi connectivity index (χ0n) is 7.49. The summed E-state index contributed by atoms with van der Waals surface area (Å²) in [6, 6.07) is -0.0431. The summed E-state index contributed by atoms with van der Waals surface area (Å²) in [7, 11) is 0. The van der Waals surface area contributed by atoms with E-state index < -0.39 is 0 Å². The van der Waals surface area contributed by atoms with E-state index in [1.54, 1.807) is 0 Å². The average Bonchev–Trinajstić information content (AvgIpc) is 2.30. The molecular weight excluding hydrogens is 162 g/mol. The predicted octanol–water partition coefficient (Wildman–Crippen LogP) is 1.49. The summed E-state index contributed by atoms with van der Waals surface area (Å²) in [5, 5.41) is 0. The molecule has 0 fully saturated rings. The van der Waals surface area contributed by atoms with Gasteiger partial charge in [-0.2, -0.15) is 0 Å². The van der Waals surface area contributed by atoms with E-state index in [0.29, 0.717) is 6.42 Å². The first-order valence-electron chi connectivity index (χ1n) is 4.66. The van der Waals surface area contributed by atoms with Gasteiger partial charge in [0.1, 0.15) is 0 Å². The quantitative estimate of drug-likeness (QED) is 0.606. The van der Waals surface area contributed by atoms with Crippen LogP contribution in [0.4, 0.5) is 0 Å². The van der Waals surface area contributed by atoms with Crippen molar-refractivity contribution in [3.63, 3.8) is 0 Å². The Hall–Kier alpha value is -1.15. The van der Waals surface area contributed by atoms with Crippen LogP contribution in [0.3, 0.4) is 0 Å². The third-order valence-electron chi connectivity index (χ3n) is 2.50. The molecule has 2 aliphatic rings. The molecule has 0 heterocycles. The van der Waals surface area contributed by atoms with E-state index >= 15 is 0 Å². The Morgan fingerprint density at radius 3 is 2.85 bits per heavy atom. The monoisotopic (exact) mass is 175 g/mol. The number of allylic oxidation sites excluding steroid dienone is 4. The lowest BCUT2D eigenvalue weighted by Crippen LogP contribution is -2.12. The lowest BCUT2D eigenvalue weighted by Gasteiger charge is -2.13. The highest BCUT2D eigenvalue weighted by Gasteiger charge is 2.17. The predicted molar refractivity (Wildman–Crippen MR) is 52.1 cm³/mol. The average molecular weight is 175 g/mol. The van der Waals surface area contributed by atoms with Crippen LogP contribution >= 0.6 is 0 Å². The fourth-order valence-corrected chi connectivity index (χ4v) is 1.76. The normalized spacial score (nSPS) is 27.5. The van der Waals surface area contributed by atoms with Gasteiger partial charge in [-0.15, -0.1) is 0 Å². The molecule has 0 saturated heterocycles. The highest BCUT2D eigenvalue weighted by molar-refractivity contribution is 6.00. The third-order valence-corrected chi connectivity index (χ3v) is 2.50. The molecule has 0 aliphatic heterocycles. The van der Waals surface area contributed by atoms with Crippen LogP contribution in [0.15, 0.2) is 35.5 Å². The summed E-state index contributed by atoms with van der Waals surface area (Å²) in [4.78, 5) is 11.5. The summed E-state index contributed by atoms with van der Waals surface area (Å²) < 4.78 is 0. The maximum absolute atomic E-state index is 11.5. The van der Waals surface area contributed by atoms with Gasteiger partial charge < -0.3 is 5.73 Å². The van der Waals surface area contributed by atoms with Crippen LogP contribution in [0, 0.1) is 0 Å². The van der Waals surface area contributed by atoms with Gasteiger partial charge in [0.05, 0.1) is 0 Å². The summed E-state index contributed by atoms with van der Waals surface area (Å²) in [6.45, 7) is 0. The van der Waals surface area contributed by atoms with Crippen LogP contribution in [0.2, 0.25) is 0 Å². The molecule has 13 heavy (non-hydrogen) atoms. The number of carbonyl (C=O) groups excluding carboxylic acids is 1. The van der Waals surface area contributed by atoms with Crippen molar-refractivity contribution in [2.75, 3.05) is 0 Å². The van der Waals surface area contributed by atoms with Gasteiger partial charge in [-0.05, 0) is 18.4 Å². The zero-order valence-corrected chi connectivity index (χ0v) is 7.49. The summed E-state index contributed by atoms with van der Waals surface area (Å²) >= 11 is 0. The van der Waals surface area contributed by atoms with Gasteiger partial charge in [-0.1, -0.05) is 24.3 Å². The smallest absolute Gasteiger partial charge is 0.163 e. The molecule has 0 radical (unpaired) electrons. The minimum absolute atomic E-state index is 0.0431. The summed E-state index contributed by atoms with van der Waals surface area (Å²) in [5.74, 6) is 0.260. The molecule has 2 aliphatic carbocycles. The van der Waals surface area contributed by atoms with E-state index in [9.17, 15) is 4.79 Å². The molecule has 0 saturated carbocycles. The zero-order chi connectivity index (χ0) is 9.26. The van der Waals surface area contributed by atoms with E-state index in [1.165, 1.54) is 0 Å². The molecule has 2 heteroatoms. The Morgan fingerprint density at radius 1 is 1.23 bits per heavy atom. The summed E-state index contributed by atoms with van der Waals surface area (Å²) in [6.07, 6.45) is 10.4. The van der Waals surface area contributed by atoms with E-state index in [0.717, 1.165) is 24.0 Å². The number of ketones is 1. The van der Waals surface area contributed by atoms with E-state index in [2.05, 4.69) is 0 Å². The first-order valence-corrected chi connectivity index (χ1v) is 4.66. The van der Waals surface area contributed by atoms with Gasteiger partial charge in [0.25, 0.3) is 0 Å². The van der Waals surface area contributed by atoms with Crippen molar-refractivity contribution in [3.8, 4) is 0 Å². The second-order valence-corrected chi connectivity index (χ2v) is 3.51. The van der Waals surface area contributed by atoms with E-state index in [-0.39, 0.29) is 11.8 Å². The van der Waals surface area contributed by atoms with Gasteiger partial charge in [0.2, 0.25) is 0 Å². The van der Waals surface area contributed by atoms with Gasteiger partial charge in [0.15, 0.2) is 5.78 Å². The molecule has 1 atom stereocenters. The third kappa shape index (κ3) is 1.63. The van der Waals surface area contributed by atoms with Gasteiger partial charge >= 0.3 is 0 Å². The highest BCUT2D eigenvalue weighted by atomic mass is 16.1. The molecule has 2 rings (SSSR count). The van der Waals surface area contributed by atoms with Crippen LogP contribution in [0.25, 0.3) is 0 Å². The van der Waals surface area contributed by atoms with Crippen molar-refractivity contribution < 1.29 is 4.79 Å². The number of rotatable bonds is 0. The second-order valence-electron chi connectivity index (χ2n) is 3.51. The van der Waals surface area contributed by atoms with Crippen LogP contribution in [0.1, 0.15) is 19.3 Å². The first kappa shape index (κ1) is 8.45. The number of nitrogens with two attached hydrogens (primary N) is 1. The fraction of sp³-hybridized carbons (Fsp3) is 0.364. The van der Waals surface area contributed by atoms with Gasteiger partial charge in [0, 0.05) is 18.0 Å². The minimum atomic E-state index is -0.0431. The van der Waals surface area contributed by atoms with Crippen molar-refractivity contribution in [1.29, 1.82) is 0 Å². The Bertz CT molecular complexity index is 323. The second kappa shape index (κ2) is 3.30. The molecule has 2 N–H and O–H groups in total. The Labute approximate surface area is 77.8 Å². The van der Waals surface area contributed by atoms with Crippen molar-refractivity contribution in [1.82, 2.24) is 0 Å². The molecule has 2 nitrogen and oxygen atoms in total. The van der Waals surface area contributed by atoms with Gasteiger partial charge in [-0.25, -0.2) is 0 Å². The van der Waals surface area contributed by atoms with Crippen LogP contribution in [0.5, 0.6) is 0 Å². The topological polar surface area (TPSA) is 43.1 Å². The molecule has 68 valence electrons. The Kier molecular flexibility index (Phi) is 2.15. The Balaban J connectivity index is 2.40. The minimum Gasteiger partial charge on any atom is -0.321 e.